The van der Waals surface area contributed by atoms with Gasteiger partial charge < -0.3 is 9.29 Å². The molecule has 0 aliphatic heterocycles. The second-order valence-corrected chi connectivity index (χ2v) is 5.66. The molecule has 23 heavy (non-hydrogen) atoms. The highest BCUT2D eigenvalue weighted by molar-refractivity contribution is 7.87. The molecule has 124 valence electrons. The fourth-order valence-corrected chi connectivity index (χ4v) is 2.44. The first kappa shape index (κ1) is 15.6. The molecule has 0 spiro atoms. The third kappa shape index (κ3) is 3.10. The average molecular weight is 357 g/mol. The molecule has 2 rings (SSSR count). The lowest BCUT2D eigenvalue weighted by molar-refractivity contribution is 0.281. The van der Waals surface area contributed by atoms with Crippen molar-refractivity contribution in [2.24, 2.45) is 0 Å². The van der Waals surface area contributed by atoms with E-state index in [2.05, 4.69) is 14.3 Å². The molecule has 1 aromatic carbocycles. The monoisotopic (exact) mass is 357 g/mol. The standard InChI is InChI=1S/C12H6F5NO4S/c13-7-8(14)10(16)12(11(17)9(7)15)22-23(20,21)6-1-5(4-19)2-18-3-6/h1-3,19H,4H2/i19T. The third-order valence-electron chi connectivity index (χ3n) is 2.59. The van der Waals surface area contributed by atoms with Crippen molar-refractivity contribution in [2.45, 2.75) is 11.5 Å². The van der Waals surface area contributed by atoms with Gasteiger partial charge in [0.05, 0.1) is 6.61 Å². The summed E-state index contributed by atoms with van der Waals surface area (Å²) in [4.78, 5) is 2.75. The molecule has 0 unspecified atom stereocenters. The quantitative estimate of drug-likeness (QED) is 0.384. The van der Waals surface area contributed by atoms with Crippen molar-refractivity contribution in [3.63, 3.8) is 0 Å². The molecule has 0 bridgehead atoms. The molecular formula is C12H6F5NO4S. The van der Waals surface area contributed by atoms with Crippen molar-refractivity contribution in [3.05, 3.63) is 53.1 Å². The number of benzene rings is 1. The minimum Gasteiger partial charge on any atom is -0.392 e. The van der Waals surface area contributed by atoms with Gasteiger partial charge in [-0.1, -0.05) is 0 Å². The number of hydrogen-bond acceptors (Lipinski definition) is 5. The number of nitrogens with zero attached hydrogens (tertiary/aromatic N) is 1. The first-order valence-corrected chi connectivity index (χ1v) is 7.07. The summed E-state index contributed by atoms with van der Waals surface area (Å²) in [6.07, 6.45) is 1.85. The number of aliphatic hydroxyl groups is 1. The van der Waals surface area contributed by atoms with E-state index in [4.69, 9.17) is 1.43 Å². The normalized spacial score (nSPS) is 12.1. The van der Waals surface area contributed by atoms with Crippen molar-refractivity contribution in [2.75, 3.05) is 0 Å². The van der Waals surface area contributed by atoms with Gasteiger partial charge in [0.2, 0.25) is 36.3 Å². The summed E-state index contributed by atoms with van der Waals surface area (Å²) in [5.74, 6) is -14.0. The van der Waals surface area contributed by atoms with Crippen molar-refractivity contribution in [1.82, 2.24) is 4.98 Å². The fourth-order valence-electron chi connectivity index (χ4n) is 1.50. The van der Waals surface area contributed by atoms with Gasteiger partial charge in [-0.2, -0.15) is 17.2 Å². The molecule has 11 heteroatoms. The number of hydrogen-bond donors (Lipinski definition) is 1. The molecule has 0 aliphatic carbocycles. The van der Waals surface area contributed by atoms with Gasteiger partial charge in [0.1, 0.15) is 4.90 Å². The lowest BCUT2D eigenvalue weighted by atomic mass is 10.3. The number of halogens is 5. The summed E-state index contributed by atoms with van der Waals surface area (Å²) in [6.45, 7) is -0.362. The Morgan fingerprint density at radius 2 is 1.61 bits per heavy atom. The Balaban J connectivity index is 2.49. The van der Waals surface area contributed by atoms with Crippen molar-refractivity contribution in [3.8, 4) is 5.75 Å². The summed E-state index contributed by atoms with van der Waals surface area (Å²) >= 11 is 0. The van der Waals surface area contributed by atoms with Crippen LogP contribution in [0.5, 0.6) is 5.75 Å². The largest absolute Gasteiger partial charge is 0.392 e. The summed E-state index contributed by atoms with van der Waals surface area (Å²) in [5, 5.41) is 4.01. The van der Waals surface area contributed by atoms with Crippen LogP contribution in [0, 0.1) is 29.1 Å². The van der Waals surface area contributed by atoms with E-state index in [1.165, 1.54) is 0 Å². The zero-order valence-corrected chi connectivity index (χ0v) is 11.6. The van der Waals surface area contributed by atoms with Crippen LogP contribution >= 0.6 is 0 Å². The molecule has 1 heterocycles. The van der Waals surface area contributed by atoms with Crippen LogP contribution in [-0.2, 0) is 16.7 Å². The molecule has 0 fully saturated rings. The molecule has 1 N–H and O–H groups in total. The van der Waals surface area contributed by atoms with E-state index in [0.29, 0.717) is 0 Å². The Kier molecular flexibility index (Phi) is 4.13. The van der Waals surface area contributed by atoms with E-state index < -0.39 is 49.8 Å². The van der Waals surface area contributed by atoms with Crippen LogP contribution < -0.4 is 4.18 Å². The fraction of sp³-hybridized carbons (Fsp3) is 0.0833. The van der Waals surface area contributed by atoms with Gasteiger partial charge in [0, 0.05) is 12.4 Å². The van der Waals surface area contributed by atoms with Gasteiger partial charge in [-0.25, -0.2) is 13.2 Å². The van der Waals surface area contributed by atoms with Gasteiger partial charge in [-0.05, 0) is 11.6 Å². The predicted octanol–water partition coefficient (Wildman–Crippen LogP) is 2.04. The van der Waals surface area contributed by atoms with Crippen LogP contribution in [0.25, 0.3) is 0 Å². The molecule has 0 saturated carbocycles. The second kappa shape index (κ2) is 6.08. The van der Waals surface area contributed by atoms with E-state index >= 15 is 0 Å². The predicted molar refractivity (Wildman–Crippen MR) is 64.2 cm³/mol. The van der Waals surface area contributed by atoms with Gasteiger partial charge in [0.15, 0.2) is 0 Å². The lowest BCUT2D eigenvalue weighted by Gasteiger charge is -2.10. The molecule has 0 atom stereocenters. The molecule has 0 radical (unpaired) electrons. The minimum atomic E-state index is -4.96. The van der Waals surface area contributed by atoms with Gasteiger partial charge in [-0.3, -0.25) is 4.98 Å². The van der Waals surface area contributed by atoms with Crippen molar-refractivity contribution >= 4 is 10.1 Å². The molecule has 0 aliphatic rings. The van der Waals surface area contributed by atoms with Crippen LogP contribution in [0.15, 0.2) is 23.4 Å². The van der Waals surface area contributed by atoms with E-state index in [-0.39, 0.29) is 12.2 Å². The Morgan fingerprint density at radius 3 is 2.17 bits per heavy atom. The molecule has 2 aromatic rings. The third-order valence-corrected chi connectivity index (χ3v) is 3.77. The smallest absolute Gasteiger partial charge is 0.340 e. The maximum atomic E-state index is 13.5. The van der Waals surface area contributed by atoms with Gasteiger partial charge in [0.25, 0.3) is 0 Å². The first-order valence-electron chi connectivity index (χ1n) is 6.07. The number of rotatable bonds is 5. The maximum absolute atomic E-state index is 13.5. The van der Waals surface area contributed by atoms with E-state index in [1.807, 2.05) is 0 Å². The Labute approximate surface area is 127 Å². The number of pyridine rings is 1. The average Bonchev–Trinajstić information content (AvgIpc) is 2.56. The topological polar surface area (TPSA) is 76.5 Å². The minimum absolute atomic E-state index is 0.0899. The molecule has 5 nitrogen and oxygen atoms in total. The molecule has 1 aromatic heterocycles. The van der Waals surface area contributed by atoms with Gasteiger partial charge >= 0.3 is 10.1 Å². The maximum Gasteiger partial charge on any atom is 0.340 e. The zero-order valence-electron chi connectivity index (χ0n) is 11.8. The number of aliphatic hydroxyl groups excluding tert-OH is 1. The SMILES string of the molecule is [3H]OCc1cncc(S(=O)(=O)Oc2c(F)c(F)c(F)c(F)c2F)c1. The summed E-state index contributed by atoms with van der Waals surface area (Å²) < 4.78 is 100. The van der Waals surface area contributed by atoms with Crippen LogP contribution in [-0.4, -0.2) is 19.9 Å². The second-order valence-electron chi connectivity index (χ2n) is 4.11. The van der Waals surface area contributed by atoms with E-state index in [9.17, 15) is 30.4 Å². The highest BCUT2D eigenvalue weighted by Gasteiger charge is 2.31. The molecular weight excluding hydrogens is 349 g/mol. The summed E-state index contributed by atoms with van der Waals surface area (Å²) in [5.41, 5.74) is 0.0899. The van der Waals surface area contributed by atoms with Crippen LogP contribution in [0.3, 0.4) is 0 Å². The lowest BCUT2D eigenvalue weighted by Crippen LogP contribution is -2.15. The van der Waals surface area contributed by atoms with Crippen LogP contribution in [0.2, 0.25) is 0 Å². The number of aromatic nitrogens is 1. The zero-order chi connectivity index (χ0) is 18.1. The highest BCUT2D eigenvalue weighted by atomic mass is 32.2. The van der Waals surface area contributed by atoms with E-state index in [0.717, 1.165) is 18.5 Å². The Morgan fingerprint density at radius 1 is 1.04 bits per heavy atom. The molecule has 0 amide bonds. The highest BCUT2D eigenvalue weighted by Crippen LogP contribution is 2.31. The Bertz CT molecular complexity index is 864. The van der Waals surface area contributed by atoms with Gasteiger partial charge in [-0.15, -0.1) is 0 Å². The summed E-state index contributed by atoms with van der Waals surface area (Å²) in [7, 11) is -4.96. The Hall–Kier alpha value is -2.27. The van der Waals surface area contributed by atoms with Crippen LogP contribution in [0.4, 0.5) is 22.0 Å². The first-order chi connectivity index (χ1) is 11.2. The molecule has 0 saturated heterocycles. The van der Waals surface area contributed by atoms with Crippen molar-refractivity contribution < 1.29 is 39.7 Å². The van der Waals surface area contributed by atoms with E-state index in [1.54, 1.807) is 0 Å². The van der Waals surface area contributed by atoms with Crippen molar-refractivity contribution in [1.29, 1.82) is 1.43 Å². The van der Waals surface area contributed by atoms with Crippen LogP contribution in [0.1, 0.15) is 5.56 Å². The summed E-state index contributed by atoms with van der Waals surface area (Å²) in [6, 6.07) is 0.892.